The van der Waals surface area contributed by atoms with Crippen LogP contribution in [-0.2, 0) is 6.42 Å². The molecule has 1 nitrogen and oxygen atoms in total. The Morgan fingerprint density at radius 3 is 2.05 bits per heavy atom. The average molecular weight is 261 g/mol. The van der Waals surface area contributed by atoms with Crippen LogP contribution in [0.2, 0.25) is 0 Å². The summed E-state index contributed by atoms with van der Waals surface area (Å²) in [5.41, 5.74) is 7.50. The van der Waals surface area contributed by atoms with Gasteiger partial charge in [-0.15, -0.1) is 0 Å². The van der Waals surface area contributed by atoms with E-state index in [0.29, 0.717) is 0 Å². The average Bonchev–Trinajstić information content (AvgIpc) is 2.39. The minimum atomic E-state index is 1.16. The first-order valence-electron chi connectivity index (χ1n) is 7.85. The van der Waals surface area contributed by atoms with Crippen molar-refractivity contribution in [2.75, 3.05) is 13.1 Å². The fraction of sp³-hybridized carbons (Fsp3) is 0.667. The highest BCUT2D eigenvalue weighted by molar-refractivity contribution is 5.43. The van der Waals surface area contributed by atoms with Gasteiger partial charge < -0.3 is 5.32 Å². The van der Waals surface area contributed by atoms with Gasteiger partial charge in [0.25, 0.3) is 0 Å². The molecule has 0 radical (unpaired) electrons. The molecule has 0 unspecified atom stereocenters. The predicted octanol–water partition coefficient (Wildman–Crippen LogP) is 4.63. The van der Waals surface area contributed by atoms with E-state index in [1.54, 1.807) is 5.56 Å². The minimum Gasteiger partial charge on any atom is -0.317 e. The van der Waals surface area contributed by atoms with E-state index >= 15 is 0 Å². The largest absolute Gasteiger partial charge is 0.317 e. The fourth-order valence-electron chi connectivity index (χ4n) is 2.70. The zero-order chi connectivity index (χ0) is 14.3. The maximum atomic E-state index is 3.47. The third kappa shape index (κ3) is 4.99. The lowest BCUT2D eigenvalue weighted by Gasteiger charge is -2.15. The molecule has 0 saturated carbocycles. The van der Waals surface area contributed by atoms with Gasteiger partial charge in [-0.05, 0) is 94.3 Å². The molecule has 1 heteroatoms. The van der Waals surface area contributed by atoms with Crippen LogP contribution in [-0.4, -0.2) is 13.1 Å². The molecular weight excluding hydrogens is 230 g/mol. The Kier molecular flexibility index (Phi) is 7.15. The van der Waals surface area contributed by atoms with Crippen molar-refractivity contribution in [2.45, 2.75) is 66.7 Å². The SMILES string of the molecule is CCCNCCCCCc1c(C)c(C)cc(C)c1C. The standard InChI is InChI=1S/C18H31N/c1-6-11-19-12-9-7-8-10-18-16(4)14(2)13-15(3)17(18)5/h13,19H,6-12H2,1-5H3. The maximum Gasteiger partial charge on any atom is -0.00489 e. The van der Waals surface area contributed by atoms with E-state index in [9.17, 15) is 0 Å². The topological polar surface area (TPSA) is 12.0 Å². The van der Waals surface area contributed by atoms with E-state index in [2.05, 4.69) is 46.0 Å². The van der Waals surface area contributed by atoms with E-state index in [1.165, 1.54) is 60.9 Å². The molecule has 0 saturated heterocycles. The van der Waals surface area contributed by atoms with Crippen molar-refractivity contribution in [3.63, 3.8) is 0 Å². The number of rotatable bonds is 8. The Hall–Kier alpha value is -0.820. The molecule has 1 N–H and O–H groups in total. The molecule has 0 atom stereocenters. The summed E-state index contributed by atoms with van der Waals surface area (Å²) in [6.07, 6.45) is 6.44. The van der Waals surface area contributed by atoms with Crippen LogP contribution in [0.3, 0.4) is 0 Å². The van der Waals surface area contributed by atoms with Gasteiger partial charge in [0.1, 0.15) is 0 Å². The number of benzene rings is 1. The number of hydrogen-bond acceptors (Lipinski definition) is 1. The van der Waals surface area contributed by atoms with Gasteiger partial charge in [0.2, 0.25) is 0 Å². The second kappa shape index (κ2) is 8.37. The van der Waals surface area contributed by atoms with Crippen LogP contribution >= 0.6 is 0 Å². The quantitative estimate of drug-likeness (QED) is 0.673. The number of unbranched alkanes of at least 4 members (excludes halogenated alkanes) is 2. The van der Waals surface area contributed by atoms with Gasteiger partial charge in [0, 0.05) is 0 Å². The van der Waals surface area contributed by atoms with E-state index in [-0.39, 0.29) is 0 Å². The van der Waals surface area contributed by atoms with Crippen molar-refractivity contribution < 1.29 is 0 Å². The van der Waals surface area contributed by atoms with Gasteiger partial charge in [-0.2, -0.15) is 0 Å². The van der Waals surface area contributed by atoms with E-state index in [4.69, 9.17) is 0 Å². The molecule has 1 rings (SSSR count). The maximum absolute atomic E-state index is 3.47. The number of nitrogens with one attached hydrogen (secondary N) is 1. The zero-order valence-corrected chi connectivity index (χ0v) is 13.5. The highest BCUT2D eigenvalue weighted by Gasteiger charge is 2.07. The van der Waals surface area contributed by atoms with Gasteiger partial charge in [-0.3, -0.25) is 0 Å². The summed E-state index contributed by atoms with van der Waals surface area (Å²) in [5.74, 6) is 0. The van der Waals surface area contributed by atoms with Crippen LogP contribution in [0, 0.1) is 27.7 Å². The van der Waals surface area contributed by atoms with Gasteiger partial charge in [0.15, 0.2) is 0 Å². The molecule has 0 fully saturated rings. The Morgan fingerprint density at radius 1 is 0.842 bits per heavy atom. The first kappa shape index (κ1) is 16.2. The van der Waals surface area contributed by atoms with Gasteiger partial charge in [-0.1, -0.05) is 19.4 Å². The highest BCUT2D eigenvalue weighted by Crippen LogP contribution is 2.23. The molecule has 1 aromatic rings. The Labute approximate surface area is 119 Å². The lowest BCUT2D eigenvalue weighted by atomic mass is 9.91. The second-order valence-electron chi connectivity index (χ2n) is 5.80. The second-order valence-corrected chi connectivity index (χ2v) is 5.80. The van der Waals surface area contributed by atoms with Crippen molar-refractivity contribution in [1.29, 1.82) is 0 Å². The molecule has 0 spiro atoms. The molecule has 0 heterocycles. The van der Waals surface area contributed by atoms with E-state index < -0.39 is 0 Å². The van der Waals surface area contributed by atoms with Crippen LogP contribution in [0.1, 0.15) is 60.4 Å². The number of aryl methyl sites for hydroxylation is 2. The first-order chi connectivity index (χ1) is 9.07. The Bertz CT molecular complexity index is 367. The normalized spacial score (nSPS) is 11.0. The van der Waals surface area contributed by atoms with Gasteiger partial charge in [-0.25, -0.2) is 0 Å². The van der Waals surface area contributed by atoms with Crippen molar-refractivity contribution in [2.24, 2.45) is 0 Å². The summed E-state index contributed by atoms with van der Waals surface area (Å²) in [7, 11) is 0. The number of hydrogen-bond donors (Lipinski definition) is 1. The molecule has 108 valence electrons. The summed E-state index contributed by atoms with van der Waals surface area (Å²) in [6.45, 7) is 13.6. The minimum absolute atomic E-state index is 1.16. The monoisotopic (exact) mass is 261 g/mol. The van der Waals surface area contributed by atoms with E-state index in [0.717, 1.165) is 6.54 Å². The smallest absolute Gasteiger partial charge is 0.00489 e. The van der Waals surface area contributed by atoms with Gasteiger partial charge in [0.05, 0.1) is 0 Å². The van der Waals surface area contributed by atoms with Crippen LogP contribution < -0.4 is 5.32 Å². The Balaban J connectivity index is 2.41. The molecule has 1 aromatic carbocycles. The van der Waals surface area contributed by atoms with Crippen molar-refractivity contribution >= 4 is 0 Å². The first-order valence-corrected chi connectivity index (χ1v) is 7.85. The van der Waals surface area contributed by atoms with Crippen LogP contribution in [0.5, 0.6) is 0 Å². The zero-order valence-electron chi connectivity index (χ0n) is 13.5. The summed E-state index contributed by atoms with van der Waals surface area (Å²) in [4.78, 5) is 0. The third-order valence-corrected chi connectivity index (χ3v) is 4.23. The fourth-order valence-corrected chi connectivity index (χ4v) is 2.70. The molecule has 0 bridgehead atoms. The molecule has 0 amide bonds. The van der Waals surface area contributed by atoms with Crippen molar-refractivity contribution in [3.8, 4) is 0 Å². The van der Waals surface area contributed by atoms with Gasteiger partial charge >= 0.3 is 0 Å². The summed E-state index contributed by atoms with van der Waals surface area (Å²) in [6, 6.07) is 2.32. The molecule has 0 aliphatic rings. The van der Waals surface area contributed by atoms with Crippen LogP contribution in [0.25, 0.3) is 0 Å². The molecule has 0 aromatic heterocycles. The van der Waals surface area contributed by atoms with E-state index in [1.807, 2.05) is 0 Å². The summed E-state index contributed by atoms with van der Waals surface area (Å²) >= 11 is 0. The molecular formula is C18H31N. The summed E-state index contributed by atoms with van der Waals surface area (Å²) in [5, 5.41) is 3.47. The molecule has 0 aliphatic carbocycles. The van der Waals surface area contributed by atoms with Crippen molar-refractivity contribution in [3.05, 3.63) is 33.9 Å². The van der Waals surface area contributed by atoms with Crippen LogP contribution in [0.4, 0.5) is 0 Å². The lowest BCUT2D eigenvalue weighted by molar-refractivity contribution is 0.598. The van der Waals surface area contributed by atoms with Crippen LogP contribution in [0.15, 0.2) is 6.07 Å². The third-order valence-electron chi connectivity index (χ3n) is 4.23. The molecule has 0 aliphatic heterocycles. The lowest BCUT2D eigenvalue weighted by Crippen LogP contribution is -2.15. The molecule has 19 heavy (non-hydrogen) atoms. The highest BCUT2D eigenvalue weighted by atomic mass is 14.8. The summed E-state index contributed by atoms with van der Waals surface area (Å²) < 4.78 is 0. The predicted molar refractivity (Wildman–Crippen MR) is 86.1 cm³/mol. The Morgan fingerprint density at radius 2 is 1.47 bits per heavy atom. The van der Waals surface area contributed by atoms with Crippen molar-refractivity contribution in [1.82, 2.24) is 5.32 Å².